The maximum atomic E-state index is 15.3. The van der Waals surface area contributed by atoms with Crippen molar-refractivity contribution in [3.63, 3.8) is 0 Å². The number of halogens is 1. The van der Waals surface area contributed by atoms with Crippen LogP contribution in [0.1, 0.15) is 75.8 Å². The fourth-order valence-corrected chi connectivity index (χ4v) is 8.89. The van der Waals surface area contributed by atoms with Gasteiger partial charge in [0.2, 0.25) is 0 Å². The molecule has 1 aromatic carbocycles. The maximum Gasteiger partial charge on any atom is 0.496 e. The third-order valence-electron chi connectivity index (χ3n) is 13.7. The Bertz CT molecular complexity index is 3410. The number of rotatable bonds is 8. The van der Waals surface area contributed by atoms with Gasteiger partial charge in [0.1, 0.15) is 17.2 Å². The highest BCUT2D eigenvalue weighted by atomic mass is 19.1. The number of aromatic nitrogens is 9. The molecule has 0 aliphatic carbocycles. The molecule has 0 unspecified atom stereocenters. The highest BCUT2D eigenvalue weighted by molar-refractivity contribution is 6.62. The van der Waals surface area contributed by atoms with Crippen molar-refractivity contribution in [1.29, 1.82) is 0 Å². The number of nitrogens with zero attached hydrogens (tertiary/aromatic N) is 11. The zero-order valence-corrected chi connectivity index (χ0v) is 42.0. The van der Waals surface area contributed by atoms with E-state index in [2.05, 4.69) is 47.8 Å². The van der Waals surface area contributed by atoms with Gasteiger partial charge in [-0.3, -0.25) is 38.3 Å². The Hall–Kier alpha value is -7.07. The fraction of sp³-hybridized carbons (Fsp3) is 0.400. The normalized spacial score (nSPS) is 16.6. The molecule has 0 saturated carbocycles. The van der Waals surface area contributed by atoms with Gasteiger partial charge < -0.3 is 29.1 Å². The summed E-state index contributed by atoms with van der Waals surface area (Å²) in [5.74, 6) is 0.490. The highest BCUT2D eigenvalue weighted by Gasteiger charge is 2.52. The van der Waals surface area contributed by atoms with E-state index < -0.39 is 29.7 Å². The summed E-state index contributed by atoms with van der Waals surface area (Å²) in [5.41, 5.74) is 3.07. The minimum absolute atomic E-state index is 0.0482. The minimum Gasteiger partial charge on any atom is -0.399 e. The van der Waals surface area contributed by atoms with Crippen molar-refractivity contribution in [1.82, 2.24) is 53.3 Å². The number of hydrogen-bond donors (Lipinski definition) is 2. The van der Waals surface area contributed by atoms with Gasteiger partial charge in [-0.25, -0.2) is 9.37 Å². The number of benzene rings is 1. The van der Waals surface area contributed by atoms with Gasteiger partial charge in [-0.15, -0.1) is 0 Å². The Labute approximate surface area is 410 Å². The van der Waals surface area contributed by atoms with Crippen LogP contribution in [0.2, 0.25) is 0 Å². The van der Waals surface area contributed by atoms with Crippen LogP contribution in [-0.4, -0.2) is 105 Å². The second-order valence-corrected chi connectivity index (χ2v) is 20.7. The summed E-state index contributed by atoms with van der Waals surface area (Å²) in [5, 5.41) is 20.0. The summed E-state index contributed by atoms with van der Waals surface area (Å²) in [6.45, 7) is 19.0. The predicted molar refractivity (Wildman–Crippen MR) is 271 cm³/mol. The first kappa shape index (κ1) is 48.9. The monoisotopic (exact) mass is 967 g/mol. The molecule has 7 aromatic rings. The molecule has 0 atom stereocenters. The lowest BCUT2D eigenvalue weighted by Gasteiger charge is -2.32. The van der Waals surface area contributed by atoms with Crippen LogP contribution >= 0.6 is 0 Å². The quantitative estimate of drug-likeness (QED) is 0.155. The number of anilines is 4. The summed E-state index contributed by atoms with van der Waals surface area (Å²) in [4.78, 5) is 60.5. The lowest BCUT2D eigenvalue weighted by atomic mass is 9.80. The van der Waals surface area contributed by atoms with Gasteiger partial charge >= 0.3 is 7.12 Å². The zero-order chi connectivity index (χ0) is 50.9. The summed E-state index contributed by atoms with van der Waals surface area (Å²) in [6.07, 6.45) is 6.77. The molecule has 1 saturated heterocycles. The molecule has 6 aromatic heterocycles. The van der Waals surface area contributed by atoms with Crippen molar-refractivity contribution in [2.75, 3.05) is 37.8 Å². The molecule has 0 amide bonds. The lowest BCUT2D eigenvalue weighted by Crippen LogP contribution is -2.41. The summed E-state index contributed by atoms with van der Waals surface area (Å²) < 4.78 is 35.3. The molecule has 2 N–H and O–H groups in total. The Morgan fingerprint density at radius 2 is 1.31 bits per heavy atom. The van der Waals surface area contributed by atoms with Gasteiger partial charge in [0.15, 0.2) is 23.7 Å². The van der Waals surface area contributed by atoms with Crippen LogP contribution in [0.25, 0.3) is 27.7 Å². The Kier molecular flexibility index (Phi) is 12.6. The number of carbonyl (C=O) groups is 1. The van der Waals surface area contributed by atoms with E-state index in [-0.39, 0.29) is 39.0 Å². The van der Waals surface area contributed by atoms with Gasteiger partial charge in [-0.2, -0.15) is 20.0 Å². The van der Waals surface area contributed by atoms with Gasteiger partial charge in [0, 0.05) is 87.4 Å². The molecule has 3 aliphatic heterocycles. The standard InChI is InChI=1S/C31H31FN8O3.C19H28BN5O3/c1-31(2,3)20-10-18-14-34-40(30(43)27(18)24(32)12-20)28-23(17-41)22(6-7-33-28)19-11-25(29(42)38(5)15-19)35-26-13-21-16-37(4)8-9-39(21)36-26;1-18(2)19(3,4)28-20(27-18)13-9-15(17(26)24(6)11-13)21-16-10-14-12-23(5)7-8-25(14)22-16/h6-7,10-15,17H,8-9,16H2,1-5H3,(H,35,36);9-11H,7-8,12H2,1-6H3,(H,21,22). The van der Waals surface area contributed by atoms with Gasteiger partial charge in [0.05, 0.1) is 52.8 Å². The van der Waals surface area contributed by atoms with E-state index in [9.17, 15) is 19.2 Å². The van der Waals surface area contributed by atoms with E-state index >= 15 is 4.39 Å². The molecule has 21 heteroatoms. The van der Waals surface area contributed by atoms with Gasteiger partial charge in [0.25, 0.3) is 16.7 Å². The molecule has 9 heterocycles. The first-order valence-electron chi connectivity index (χ1n) is 23.5. The topological polar surface area (TPSA) is 193 Å². The third kappa shape index (κ3) is 9.49. The number of aldehydes is 1. The molecule has 3 aliphatic rings. The van der Waals surface area contributed by atoms with Crippen molar-refractivity contribution in [2.24, 2.45) is 14.1 Å². The molecular formula is C50H59BFN13O6. The van der Waals surface area contributed by atoms with Crippen LogP contribution in [0.4, 0.5) is 27.4 Å². The largest absolute Gasteiger partial charge is 0.496 e. The van der Waals surface area contributed by atoms with E-state index in [1.165, 1.54) is 23.0 Å². The fourth-order valence-electron chi connectivity index (χ4n) is 8.89. The van der Waals surface area contributed by atoms with Crippen LogP contribution in [0.5, 0.6) is 0 Å². The summed E-state index contributed by atoms with van der Waals surface area (Å²) in [7, 11) is 6.94. The third-order valence-corrected chi connectivity index (χ3v) is 13.7. The van der Waals surface area contributed by atoms with Crippen LogP contribution < -0.4 is 32.8 Å². The SMILES string of the molecule is CN1CCn2nc(Nc3cc(-c4ccnc(-n5ncc6cc(C(C)(C)C)cc(F)c6c5=O)c4C=O)cn(C)c3=O)cc2C1.CN1CCn2nc(Nc3cc(B4OC(C)(C)C(C)(C)O4)cn(C)c3=O)cc2C1. The molecule has 0 radical (unpaired) electrons. The molecule has 1 fully saturated rings. The number of aryl methyl sites for hydroxylation is 2. The molecule has 0 bridgehead atoms. The molecule has 19 nitrogen and oxygen atoms in total. The van der Waals surface area contributed by atoms with Gasteiger partial charge in [-0.05, 0) is 88.7 Å². The van der Waals surface area contributed by atoms with E-state index in [1.807, 2.05) is 77.0 Å². The van der Waals surface area contributed by atoms with Crippen LogP contribution in [0.3, 0.4) is 0 Å². The van der Waals surface area contributed by atoms with Crippen molar-refractivity contribution in [3.8, 4) is 16.9 Å². The Balaban J connectivity index is 0.000000192. The van der Waals surface area contributed by atoms with Crippen molar-refractivity contribution in [2.45, 2.75) is 91.3 Å². The van der Waals surface area contributed by atoms with Crippen LogP contribution in [-0.2, 0) is 55.0 Å². The van der Waals surface area contributed by atoms with Crippen molar-refractivity contribution in [3.05, 3.63) is 127 Å². The highest BCUT2D eigenvalue weighted by Crippen LogP contribution is 2.37. The molecule has 0 spiro atoms. The van der Waals surface area contributed by atoms with Gasteiger partial charge in [-0.1, -0.05) is 20.8 Å². The van der Waals surface area contributed by atoms with Crippen molar-refractivity contribution < 1.29 is 18.5 Å². The summed E-state index contributed by atoms with van der Waals surface area (Å²) in [6, 6.07) is 12.0. The van der Waals surface area contributed by atoms with E-state index in [1.54, 1.807) is 55.3 Å². The number of pyridine rings is 3. The predicted octanol–water partition coefficient (Wildman–Crippen LogP) is 4.85. The van der Waals surface area contributed by atoms with Crippen molar-refractivity contribution >= 4 is 52.7 Å². The molecular weight excluding hydrogens is 908 g/mol. The average Bonchev–Trinajstić information content (AvgIpc) is 3.96. The zero-order valence-electron chi connectivity index (χ0n) is 42.0. The number of carbonyl (C=O) groups excluding carboxylic acids is 1. The average molecular weight is 968 g/mol. The molecule has 10 rings (SSSR count). The molecule has 71 heavy (non-hydrogen) atoms. The Morgan fingerprint density at radius 1 is 0.746 bits per heavy atom. The van der Waals surface area contributed by atoms with E-state index in [0.717, 1.165) is 66.4 Å². The number of nitrogens with one attached hydrogen (secondary N) is 2. The van der Waals surface area contributed by atoms with E-state index in [0.29, 0.717) is 40.1 Å². The number of hydrogen-bond acceptors (Lipinski definition) is 14. The lowest BCUT2D eigenvalue weighted by molar-refractivity contribution is 0.00578. The smallest absolute Gasteiger partial charge is 0.399 e. The minimum atomic E-state index is -0.736. The van der Waals surface area contributed by atoms with E-state index in [4.69, 9.17) is 9.31 Å². The first-order chi connectivity index (χ1) is 33.5. The van der Waals surface area contributed by atoms with Crippen LogP contribution in [0.15, 0.2) is 81.6 Å². The maximum absolute atomic E-state index is 15.3. The second kappa shape index (κ2) is 18.3. The Morgan fingerprint density at radius 3 is 1.87 bits per heavy atom. The summed E-state index contributed by atoms with van der Waals surface area (Å²) >= 11 is 0. The number of likely N-dealkylation sites (N-methyl/N-ethyl adjacent to an activating group) is 2. The molecule has 370 valence electrons. The number of fused-ring (bicyclic) bond motifs is 3. The van der Waals surface area contributed by atoms with Crippen LogP contribution in [0, 0.1) is 5.82 Å². The first-order valence-corrected chi connectivity index (χ1v) is 23.5. The second-order valence-electron chi connectivity index (χ2n) is 20.7.